The van der Waals surface area contributed by atoms with Crippen molar-refractivity contribution in [3.8, 4) is 11.1 Å². The summed E-state index contributed by atoms with van der Waals surface area (Å²) in [4.78, 5) is 29.8. The molecule has 0 bridgehead atoms. The Kier molecular flexibility index (Phi) is 5.30. The predicted molar refractivity (Wildman–Crippen MR) is 114 cm³/mol. The van der Waals surface area contributed by atoms with Gasteiger partial charge in [0.2, 0.25) is 5.91 Å². The lowest BCUT2D eigenvalue weighted by atomic mass is 9.88. The number of benzene rings is 2. The van der Waals surface area contributed by atoms with Gasteiger partial charge in [-0.05, 0) is 41.3 Å². The first kappa shape index (κ1) is 19.1. The molecule has 1 fully saturated rings. The highest BCUT2D eigenvalue weighted by atomic mass is 16.2. The Morgan fingerprint density at radius 1 is 0.897 bits per heavy atom. The summed E-state index contributed by atoms with van der Waals surface area (Å²) < 4.78 is 0. The van der Waals surface area contributed by atoms with Crippen LogP contribution < -0.4 is 11.1 Å². The molecular weight excluding hydrogens is 362 g/mol. The number of hydrogen-bond acceptors (Lipinski definition) is 3. The predicted octanol–water partition coefficient (Wildman–Crippen LogP) is 4.21. The molecule has 3 aromatic rings. The zero-order chi connectivity index (χ0) is 20.3. The average molecular weight is 387 g/mol. The summed E-state index contributed by atoms with van der Waals surface area (Å²) >= 11 is 0. The van der Waals surface area contributed by atoms with E-state index in [1.54, 1.807) is 6.20 Å². The molecule has 1 aliphatic carbocycles. The van der Waals surface area contributed by atoms with Crippen molar-refractivity contribution in [2.24, 2.45) is 5.73 Å². The molecule has 29 heavy (non-hydrogen) atoms. The van der Waals surface area contributed by atoms with Gasteiger partial charge in [0, 0.05) is 23.5 Å². The van der Waals surface area contributed by atoms with E-state index in [9.17, 15) is 9.59 Å². The van der Waals surface area contributed by atoms with E-state index < -0.39 is 11.4 Å². The molecule has 2 amide bonds. The summed E-state index contributed by atoms with van der Waals surface area (Å²) in [5.41, 5.74) is 7.35. The van der Waals surface area contributed by atoms with Crippen LogP contribution in [-0.2, 0) is 4.79 Å². The number of nitrogens with one attached hydrogen (secondary N) is 1. The molecule has 1 heterocycles. The van der Waals surface area contributed by atoms with E-state index in [1.807, 2.05) is 54.7 Å². The highest BCUT2D eigenvalue weighted by Gasteiger charge is 2.38. The van der Waals surface area contributed by atoms with Gasteiger partial charge in [-0.2, -0.15) is 0 Å². The first-order valence-electron chi connectivity index (χ1n) is 10.2. The Balaban J connectivity index is 1.74. The standard InChI is InChI=1S/C24H25N3O2/c25-23(29)24(13-5-1-2-6-14-24)27-22(28)21-12-11-18(17-8-7-15-26-16-17)19-9-3-4-10-20(19)21/h3-4,7-12,15-16H,1-2,5-6,13-14H2,(H2,25,29)(H,27,28). The zero-order valence-electron chi connectivity index (χ0n) is 16.4. The van der Waals surface area contributed by atoms with Gasteiger partial charge in [-0.1, -0.05) is 62.1 Å². The van der Waals surface area contributed by atoms with E-state index in [0.717, 1.165) is 47.6 Å². The second-order valence-electron chi connectivity index (χ2n) is 7.76. The molecule has 3 N–H and O–H groups in total. The van der Waals surface area contributed by atoms with Crippen LogP contribution in [0.4, 0.5) is 0 Å². The summed E-state index contributed by atoms with van der Waals surface area (Å²) in [6.07, 6.45) is 8.66. The van der Waals surface area contributed by atoms with Gasteiger partial charge in [0.05, 0.1) is 0 Å². The Morgan fingerprint density at radius 2 is 1.62 bits per heavy atom. The molecule has 1 saturated carbocycles. The summed E-state index contributed by atoms with van der Waals surface area (Å²) in [6, 6.07) is 15.5. The van der Waals surface area contributed by atoms with Crippen LogP contribution in [0.25, 0.3) is 21.9 Å². The molecule has 0 aliphatic heterocycles. The van der Waals surface area contributed by atoms with Crippen LogP contribution in [0.1, 0.15) is 48.9 Å². The molecule has 0 atom stereocenters. The van der Waals surface area contributed by atoms with Crippen LogP contribution >= 0.6 is 0 Å². The van der Waals surface area contributed by atoms with Gasteiger partial charge in [-0.15, -0.1) is 0 Å². The topological polar surface area (TPSA) is 85.1 Å². The van der Waals surface area contributed by atoms with Gasteiger partial charge in [0.25, 0.3) is 5.91 Å². The van der Waals surface area contributed by atoms with E-state index in [2.05, 4.69) is 10.3 Å². The lowest BCUT2D eigenvalue weighted by Gasteiger charge is -2.30. The number of amides is 2. The fourth-order valence-electron chi connectivity index (χ4n) is 4.32. The Labute approximate surface area is 170 Å². The molecular formula is C24H25N3O2. The number of nitrogens with two attached hydrogens (primary N) is 1. The van der Waals surface area contributed by atoms with Gasteiger partial charge in [0.1, 0.15) is 5.54 Å². The van der Waals surface area contributed by atoms with Crippen LogP contribution in [0.3, 0.4) is 0 Å². The molecule has 0 unspecified atom stereocenters. The van der Waals surface area contributed by atoms with Crippen molar-refractivity contribution < 1.29 is 9.59 Å². The molecule has 0 radical (unpaired) electrons. The number of carbonyl (C=O) groups is 2. The SMILES string of the molecule is NC(=O)C1(NC(=O)c2ccc(-c3cccnc3)c3ccccc23)CCCCCC1. The summed E-state index contributed by atoms with van der Waals surface area (Å²) in [5.74, 6) is -0.691. The number of carbonyl (C=O) groups excluding carboxylic acids is 2. The third kappa shape index (κ3) is 3.73. The number of aromatic nitrogens is 1. The fourth-order valence-corrected chi connectivity index (χ4v) is 4.32. The highest BCUT2D eigenvalue weighted by Crippen LogP contribution is 2.32. The normalized spacial score (nSPS) is 16.1. The van der Waals surface area contributed by atoms with E-state index in [0.29, 0.717) is 18.4 Å². The molecule has 4 rings (SSSR count). The molecule has 5 nitrogen and oxygen atoms in total. The number of fused-ring (bicyclic) bond motifs is 1. The van der Waals surface area contributed by atoms with Crippen LogP contribution in [0.2, 0.25) is 0 Å². The molecule has 148 valence electrons. The first-order chi connectivity index (χ1) is 14.1. The van der Waals surface area contributed by atoms with Gasteiger partial charge in [-0.25, -0.2) is 0 Å². The van der Waals surface area contributed by atoms with E-state index >= 15 is 0 Å². The molecule has 0 spiro atoms. The maximum Gasteiger partial charge on any atom is 0.252 e. The summed E-state index contributed by atoms with van der Waals surface area (Å²) in [7, 11) is 0. The largest absolute Gasteiger partial charge is 0.368 e. The summed E-state index contributed by atoms with van der Waals surface area (Å²) in [6.45, 7) is 0. The maximum absolute atomic E-state index is 13.3. The lowest BCUT2D eigenvalue weighted by Crippen LogP contribution is -2.57. The number of hydrogen-bond donors (Lipinski definition) is 2. The summed E-state index contributed by atoms with van der Waals surface area (Å²) in [5, 5.41) is 4.83. The van der Waals surface area contributed by atoms with Crippen molar-refractivity contribution in [2.75, 3.05) is 0 Å². The maximum atomic E-state index is 13.3. The van der Waals surface area contributed by atoms with E-state index in [4.69, 9.17) is 5.73 Å². The van der Waals surface area contributed by atoms with Crippen molar-refractivity contribution in [3.05, 3.63) is 66.5 Å². The van der Waals surface area contributed by atoms with Crippen molar-refractivity contribution in [1.82, 2.24) is 10.3 Å². The van der Waals surface area contributed by atoms with Gasteiger partial charge in [0.15, 0.2) is 0 Å². The number of pyridine rings is 1. The minimum Gasteiger partial charge on any atom is -0.368 e. The van der Waals surface area contributed by atoms with Gasteiger partial charge >= 0.3 is 0 Å². The van der Waals surface area contributed by atoms with Crippen LogP contribution in [0.5, 0.6) is 0 Å². The van der Waals surface area contributed by atoms with Crippen molar-refractivity contribution in [2.45, 2.75) is 44.1 Å². The Bertz CT molecular complexity index is 1040. The second-order valence-corrected chi connectivity index (χ2v) is 7.76. The van der Waals surface area contributed by atoms with Crippen molar-refractivity contribution in [3.63, 3.8) is 0 Å². The van der Waals surface area contributed by atoms with Gasteiger partial charge in [-0.3, -0.25) is 14.6 Å². The first-order valence-corrected chi connectivity index (χ1v) is 10.2. The van der Waals surface area contributed by atoms with E-state index in [1.165, 1.54) is 0 Å². The van der Waals surface area contributed by atoms with Crippen molar-refractivity contribution in [1.29, 1.82) is 0 Å². The lowest BCUT2D eigenvalue weighted by molar-refractivity contribution is -0.124. The van der Waals surface area contributed by atoms with Crippen molar-refractivity contribution >= 4 is 22.6 Å². The Morgan fingerprint density at radius 3 is 2.28 bits per heavy atom. The number of nitrogens with zero attached hydrogens (tertiary/aromatic N) is 1. The number of primary amides is 1. The van der Waals surface area contributed by atoms with Crippen LogP contribution in [-0.4, -0.2) is 22.3 Å². The monoisotopic (exact) mass is 387 g/mol. The minimum absolute atomic E-state index is 0.250. The second kappa shape index (κ2) is 8.03. The Hall–Kier alpha value is -3.21. The molecule has 2 aromatic carbocycles. The minimum atomic E-state index is -0.962. The smallest absolute Gasteiger partial charge is 0.252 e. The van der Waals surface area contributed by atoms with Crippen LogP contribution in [0.15, 0.2) is 60.9 Å². The fraction of sp³-hybridized carbons (Fsp3) is 0.292. The molecule has 5 heteroatoms. The average Bonchev–Trinajstić information content (AvgIpc) is 3.00. The van der Waals surface area contributed by atoms with Crippen LogP contribution in [0, 0.1) is 0 Å². The zero-order valence-corrected chi connectivity index (χ0v) is 16.4. The third-order valence-corrected chi connectivity index (χ3v) is 5.92. The highest BCUT2D eigenvalue weighted by molar-refractivity contribution is 6.12. The quantitative estimate of drug-likeness (QED) is 0.658. The van der Waals surface area contributed by atoms with Gasteiger partial charge < -0.3 is 11.1 Å². The number of rotatable bonds is 4. The van der Waals surface area contributed by atoms with E-state index in [-0.39, 0.29) is 5.91 Å². The molecule has 0 saturated heterocycles. The molecule has 1 aliphatic rings. The molecule has 1 aromatic heterocycles. The third-order valence-electron chi connectivity index (χ3n) is 5.92.